The summed E-state index contributed by atoms with van der Waals surface area (Å²) in [5, 5.41) is 4.37. The van der Waals surface area contributed by atoms with Crippen molar-refractivity contribution < 1.29 is 4.74 Å². The van der Waals surface area contributed by atoms with Gasteiger partial charge in [0.2, 0.25) is 0 Å². The molecule has 5 rings (SSSR count). The van der Waals surface area contributed by atoms with Crippen LogP contribution in [0.4, 0.5) is 0 Å². The van der Waals surface area contributed by atoms with Gasteiger partial charge in [0.15, 0.2) is 5.11 Å². The number of aryl methyl sites for hydroxylation is 3. The van der Waals surface area contributed by atoms with Crippen molar-refractivity contribution in [3.63, 3.8) is 0 Å². The van der Waals surface area contributed by atoms with Crippen molar-refractivity contribution >= 4 is 17.3 Å². The minimum Gasteiger partial charge on any atom is -0.376 e. The molecule has 2 aliphatic heterocycles. The Balaban J connectivity index is 1.60. The highest BCUT2D eigenvalue weighted by molar-refractivity contribution is 7.80. The van der Waals surface area contributed by atoms with Gasteiger partial charge in [0.25, 0.3) is 0 Å². The van der Waals surface area contributed by atoms with E-state index >= 15 is 0 Å². The van der Waals surface area contributed by atoms with E-state index in [1.807, 2.05) is 18.3 Å². The number of aromatic nitrogens is 2. The van der Waals surface area contributed by atoms with E-state index in [-0.39, 0.29) is 18.2 Å². The summed E-state index contributed by atoms with van der Waals surface area (Å²) in [6.45, 7) is 10.4. The SMILES string of the molecule is Cc1cc(C)cc(-n2c(C)cc([C@H]3[C@@H](c4ccccn4)NC(=S)N3C[C@@H]3CCCO3)c2C)c1. The fraction of sp³-hybridized carbons (Fsp3) is 0.407. The predicted molar refractivity (Wildman–Crippen MR) is 136 cm³/mol. The third-order valence-electron chi connectivity index (χ3n) is 6.88. The highest BCUT2D eigenvalue weighted by Gasteiger charge is 2.42. The molecule has 2 fully saturated rings. The number of ether oxygens (including phenoxy) is 1. The summed E-state index contributed by atoms with van der Waals surface area (Å²) in [5.74, 6) is 0. The number of hydrogen-bond acceptors (Lipinski definition) is 3. The predicted octanol–water partition coefficient (Wildman–Crippen LogP) is 5.26. The molecule has 4 heterocycles. The largest absolute Gasteiger partial charge is 0.376 e. The third kappa shape index (κ3) is 4.18. The van der Waals surface area contributed by atoms with Gasteiger partial charge in [-0.1, -0.05) is 12.1 Å². The Morgan fingerprint density at radius 3 is 2.55 bits per heavy atom. The van der Waals surface area contributed by atoms with Crippen molar-refractivity contribution in [1.29, 1.82) is 0 Å². The number of rotatable bonds is 5. The van der Waals surface area contributed by atoms with Crippen molar-refractivity contribution in [3.8, 4) is 5.69 Å². The van der Waals surface area contributed by atoms with E-state index in [1.165, 1.54) is 33.8 Å². The van der Waals surface area contributed by atoms with Gasteiger partial charge in [0, 0.05) is 36.4 Å². The van der Waals surface area contributed by atoms with Gasteiger partial charge >= 0.3 is 0 Å². The van der Waals surface area contributed by atoms with Gasteiger partial charge < -0.3 is 19.5 Å². The summed E-state index contributed by atoms with van der Waals surface area (Å²) < 4.78 is 8.36. The molecular weight excluding hydrogens is 428 g/mol. The molecule has 0 spiro atoms. The lowest BCUT2D eigenvalue weighted by atomic mass is 9.96. The lowest BCUT2D eigenvalue weighted by Crippen LogP contribution is -2.36. The first-order valence-corrected chi connectivity index (χ1v) is 12.2. The topological polar surface area (TPSA) is 42.3 Å². The second-order valence-electron chi connectivity index (χ2n) is 9.42. The van der Waals surface area contributed by atoms with Crippen molar-refractivity contribution in [2.45, 2.75) is 58.7 Å². The second-order valence-corrected chi connectivity index (χ2v) is 9.81. The van der Waals surface area contributed by atoms with E-state index in [4.69, 9.17) is 21.9 Å². The van der Waals surface area contributed by atoms with Crippen molar-refractivity contribution in [2.24, 2.45) is 0 Å². The Morgan fingerprint density at radius 2 is 1.88 bits per heavy atom. The maximum Gasteiger partial charge on any atom is 0.170 e. The zero-order valence-electron chi connectivity index (χ0n) is 19.8. The first-order valence-electron chi connectivity index (χ1n) is 11.8. The maximum atomic E-state index is 5.99. The number of pyridine rings is 1. The summed E-state index contributed by atoms with van der Waals surface area (Å²) in [6, 6.07) is 15.2. The summed E-state index contributed by atoms with van der Waals surface area (Å²) in [4.78, 5) is 7.02. The Kier molecular flexibility index (Phi) is 5.97. The molecular formula is C27H32N4OS. The monoisotopic (exact) mass is 460 g/mol. The average Bonchev–Trinajstić information content (AvgIpc) is 3.47. The van der Waals surface area contributed by atoms with Gasteiger partial charge in [-0.05, 0) is 99.8 Å². The molecule has 33 heavy (non-hydrogen) atoms. The zero-order chi connectivity index (χ0) is 23.1. The third-order valence-corrected chi connectivity index (χ3v) is 7.23. The molecule has 0 saturated carbocycles. The number of benzene rings is 1. The molecule has 0 amide bonds. The molecule has 172 valence electrons. The fourth-order valence-corrected chi connectivity index (χ4v) is 5.83. The van der Waals surface area contributed by atoms with Crippen LogP contribution >= 0.6 is 12.2 Å². The van der Waals surface area contributed by atoms with Gasteiger partial charge in [-0.25, -0.2) is 0 Å². The van der Waals surface area contributed by atoms with Crippen molar-refractivity contribution in [1.82, 2.24) is 19.8 Å². The molecule has 0 radical (unpaired) electrons. The van der Waals surface area contributed by atoms with Crippen LogP contribution < -0.4 is 5.32 Å². The van der Waals surface area contributed by atoms with E-state index in [2.05, 4.69) is 72.8 Å². The van der Waals surface area contributed by atoms with E-state index in [0.29, 0.717) is 0 Å². The van der Waals surface area contributed by atoms with Crippen LogP contribution in [0.25, 0.3) is 5.69 Å². The first-order chi connectivity index (χ1) is 15.9. The Bertz CT molecular complexity index is 1150. The van der Waals surface area contributed by atoms with Crippen LogP contribution in [0.15, 0.2) is 48.7 Å². The molecule has 1 aromatic carbocycles. The summed E-state index contributed by atoms with van der Waals surface area (Å²) in [5.41, 5.74) is 8.52. The van der Waals surface area contributed by atoms with Gasteiger partial charge in [0.05, 0.1) is 23.9 Å². The lowest BCUT2D eigenvalue weighted by Gasteiger charge is -2.30. The van der Waals surface area contributed by atoms with Crippen LogP contribution in [0.3, 0.4) is 0 Å². The molecule has 6 heteroatoms. The van der Waals surface area contributed by atoms with E-state index in [1.54, 1.807) is 0 Å². The van der Waals surface area contributed by atoms with Crippen LogP contribution in [0.2, 0.25) is 0 Å². The molecule has 3 atom stereocenters. The van der Waals surface area contributed by atoms with Gasteiger partial charge in [0.1, 0.15) is 0 Å². The molecule has 1 N–H and O–H groups in total. The van der Waals surface area contributed by atoms with Crippen molar-refractivity contribution in [2.75, 3.05) is 13.2 Å². The standard InChI is InChI=1S/C27H32N4OS/c1-17-12-18(2)14-21(13-17)31-19(3)15-23(20(31)4)26-25(24-9-5-6-10-28-24)29-27(33)30(26)16-22-8-7-11-32-22/h5-6,9-10,12-15,22,25-26H,7-8,11,16H2,1-4H3,(H,29,33)/t22-,25+,26-/m0/s1. The highest BCUT2D eigenvalue weighted by atomic mass is 32.1. The van der Waals surface area contributed by atoms with E-state index in [0.717, 1.165) is 36.8 Å². The maximum absolute atomic E-state index is 5.99. The minimum absolute atomic E-state index is 0.00620. The fourth-order valence-electron chi connectivity index (χ4n) is 5.51. The minimum atomic E-state index is -0.00620. The number of nitrogens with zero attached hydrogens (tertiary/aromatic N) is 3. The van der Waals surface area contributed by atoms with E-state index in [9.17, 15) is 0 Å². The normalized spacial score (nSPS) is 22.7. The Morgan fingerprint density at radius 1 is 1.09 bits per heavy atom. The Labute approximate surface area is 201 Å². The summed E-state index contributed by atoms with van der Waals surface area (Å²) >= 11 is 5.86. The van der Waals surface area contributed by atoms with Gasteiger partial charge in [-0.2, -0.15) is 0 Å². The number of hydrogen-bond donors (Lipinski definition) is 1. The summed E-state index contributed by atoms with van der Waals surface area (Å²) in [7, 11) is 0. The molecule has 5 nitrogen and oxygen atoms in total. The molecule has 2 aromatic heterocycles. The van der Waals surface area contributed by atoms with Gasteiger partial charge in [-0.15, -0.1) is 0 Å². The average molecular weight is 461 g/mol. The first kappa shape index (κ1) is 22.1. The smallest absolute Gasteiger partial charge is 0.170 e. The van der Waals surface area contributed by atoms with Crippen LogP contribution in [0, 0.1) is 27.7 Å². The van der Waals surface area contributed by atoms with Crippen molar-refractivity contribution in [3.05, 3.63) is 82.4 Å². The van der Waals surface area contributed by atoms with Crippen LogP contribution in [-0.4, -0.2) is 38.8 Å². The number of thiocarbonyl (C=S) groups is 1. The lowest BCUT2D eigenvalue weighted by molar-refractivity contribution is 0.0842. The second kappa shape index (κ2) is 8.92. The zero-order valence-corrected chi connectivity index (χ0v) is 20.7. The van der Waals surface area contributed by atoms with Crippen LogP contribution in [0.5, 0.6) is 0 Å². The molecule has 0 bridgehead atoms. The molecule has 3 aromatic rings. The van der Waals surface area contributed by atoms with Gasteiger partial charge in [-0.3, -0.25) is 4.98 Å². The van der Waals surface area contributed by atoms with E-state index < -0.39 is 0 Å². The Hall–Kier alpha value is -2.70. The number of nitrogens with one attached hydrogen (secondary N) is 1. The molecule has 0 unspecified atom stereocenters. The quantitative estimate of drug-likeness (QED) is 0.526. The summed E-state index contributed by atoms with van der Waals surface area (Å²) in [6.07, 6.45) is 4.28. The molecule has 2 aliphatic rings. The highest BCUT2D eigenvalue weighted by Crippen LogP contribution is 2.42. The van der Waals surface area contributed by atoms with Crippen LogP contribution in [-0.2, 0) is 4.74 Å². The van der Waals surface area contributed by atoms with Crippen LogP contribution in [0.1, 0.15) is 58.7 Å². The molecule has 2 saturated heterocycles. The molecule has 0 aliphatic carbocycles.